The molecule has 2 N–H and O–H groups in total. The third kappa shape index (κ3) is 8.41. The Labute approximate surface area is 190 Å². The molecule has 0 atom stereocenters. The molecule has 166 valence electrons. The number of rotatable bonds is 10. The average molecular weight is 491 g/mol. The summed E-state index contributed by atoms with van der Waals surface area (Å²) < 4.78 is 11.3. The van der Waals surface area contributed by atoms with E-state index in [2.05, 4.69) is 26.6 Å². The molecule has 0 aliphatic heterocycles. The van der Waals surface area contributed by atoms with Gasteiger partial charge in [0.05, 0.1) is 6.61 Å². The summed E-state index contributed by atoms with van der Waals surface area (Å²) in [5.74, 6) is -0.396. The van der Waals surface area contributed by atoms with Crippen LogP contribution < -0.4 is 15.4 Å². The lowest BCUT2D eigenvalue weighted by atomic mass is 10.1. The molecule has 0 fully saturated rings. The van der Waals surface area contributed by atoms with Crippen molar-refractivity contribution in [2.75, 3.05) is 23.8 Å². The van der Waals surface area contributed by atoms with Gasteiger partial charge in [0, 0.05) is 28.7 Å². The van der Waals surface area contributed by atoms with Gasteiger partial charge in [0.1, 0.15) is 5.75 Å². The summed E-state index contributed by atoms with van der Waals surface area (Å²) in [4.78, 5) is 35.9. The molecule has 0 bridgehead atoms. The molecule has 0 aromatic heterocycles. The fourth-order valence-electron chi connectivity index (χ4n) is 2.74. The highest BCUT2D eigenvalue weighted by Crippen LogP contribution is 2.24. The molecule has 2 amide bonds. The first-order valence-electron chi connectivity index (χ1n) is 10.0. The van der Waals surface area contributed by atoms with Gasteiger partial charge in [-0.15, -0.1) is 0 Å². The van der Waals surface area contributed by atoms with Gasteiger partial charge in [0.15, 0.2) is 6.61 Å². The topological polar surface area (TPSA) is 93.7 Å². The Kier molecular flexibility index (Phi) is 9.52. The first kappa shape index (κ1) is 24.4. The van der Waals surface area contributed by atoms with E-state index in [9.17, 15) is 14.4 Å². The number of halogens is 1. The highest BCUT2D eigenvalue weighted by Gasteiger charge is 2.11. The number of aryl methyl sites for hydroxylation is 2. The van der Waals surface area contributed by atoms with E-state index in [0.717, 1.165) is 21.3 Å². The average Bonchev–Trinajstić information content (AvgIpc) is 2.72. The summed E-state index contributed by atoms with van der Waals surface area (Å²) in [6, 6.07) is 10.8. The van der Waals surface area contributed by atoms with Crippen molar-refractivity contribution in [2.45, 2.75) is 40.0 Å². The molecule has 0 aliphatic rings. The Balaban J connectivity index is 1.66. The third-order valence-electron chi connectivity index (χ3n) is 4.38. The summed E-state index contributed by atoms with van der Waals surface area (Å²) in [5, 5.41) is 5.50. The molecular formula is C23H27BrN2O5. The Morgan fingerprint density at radius 3 is 2.32 bits per heavy atom. The predicted molar refractivity (Wildman–Crippen MR) is 123 cm³/mol. The molecule has 0 saturated heterocycles. The second-order valence-corrected chi connectivity index (χ2v) is 7.84. The number of benzene rings is 2. The van der Waals surface area contributed by atoms with E-state index in [0.29, 0.717) is 24.4 Å². The SMILES string of the molecule is CCOc1ccc(NC(=O)CCCC(=O)OCC(=O)Nc2cc(C)c(Br)cc2C)cc1. The molecule has 0 radical (unpaired) electrons. The summed E-state index contributed by atoms with van der Waals surface area (Å²) in [6.45, 7) is 5.91. The zero-order chi connectivity index (χ0) is 22.8. The number of amides is 2. The van der Waals surface area contributed by atoms with Gasteiger partial charge in [0.2, 0.25) is 5.91 Å². The molecule has 7 nitrogen and oxygen atoms in total. The van der Waals surface area contributed by atoms with Crippen molar-refractivity contribution in [1.29, 1.82) is 0 Å². The standard InChI is InChI=1S/C23H27BrN2O5/c1-4-30-18-10-8-17(9-11-18)25-21(27)6-5-7-23(29)31-14-22(28)26-20-13-15(2)19(24)12-16(20)3/h8-13H,4-7,14H2,1-3H3,(H,25,27)(H,26,28). The van der Waals surface area contributed by atoms with Gasteiger partial charge in [0.25, 0.3) is 5.91 Å². The van der Waals surface area contributed by atoms with Crippen LogP contribution in [0.3, 0.4) is 0 Å². The molecule has 8 heteroatoms. The first-order chi connectivity index (χ1) is 14.8. The normalized spacial score (nSPS) is 10.3. The fourth-order valence-corrected chi connectivity index (χ4v) is 3.20. The molecule has 0 spiro atoms. The fraction of sp³-hybridized carbons (Fsp3) is 0.348. The Morgan fingerprint density at radius 1 is 0.935 bits per heavy atom. The maximum atomic E-state index is 12.0. The van der Waals surface area contributed by atoms with E-state index >= 15 is 0 Å². The maximum Gasteiger partial charge on any atom is 0.306 e. The Morgan fingerprint density at radius 2 is 1.65 bits per heavy atom. The van der Waals surface area contributed by atoms with Crippen LogP contribution in [0.5, 0.6) is 5.75 Å². The number of carbonyl (C=O) groups excluding carboxylic acids is 3. The van der Waals surface area contributed by atoms with Crippen molar-refractivity contribution in [1.82, 2.24) is 0 Å². The minimum Gasteiger partial charge on any atom is -0.494 e. The Bertz CT molecular complexity index is 928. The second-order valence-electron chi connectivity index (χ2n) is 6.98. The van der Waals surface area contributed by atoms with Gasteiger partial charge >= 0.3 is 5.97 Å². The van der Waals surface area contributed by atoms with E-state index in [-0.39, 0.29) is 25.4 Å². The number of anilines is 2. The van der Waals surface area contributed by atoms with Crippen LogP contribution in [0.1, 0.15) is 37.3 Å². The van der Waals surface area contributed by atoms with E-state index in [1.54, 1.807) is 24.3 Å². The van der Waals surface area contributed by atoms with Crippen molar-refractivity contribution in [2.24, 2.45) is 0 Å². The third-order valence-corrected chi connectivity index (χ3v) is 5.23. The van der Waals surface area contributed by atoms with Gasteiger partial charge in [-0.05, 0) is 74.7 Å². The predicted octanol–water partition coefficient (Wildman–Crippen LogP) is 4.76. The minimum absolute atomic E-state index is 0.0559. The lowest BCUT2D eigenvalue weighted by molar-refractivity contribution is -0.147. The largest absolute Gasteiger partial charge is 0.494 e. The molecule has 0 unspecified atom stereocenters. The molecule has 2 aromatic rings. The van der Waals surface area contributed by atoms with Gasteiger partial charge in [-0.3, -0.25) is 14.4 Å². The van der Waals surface area contributed by atoms with E-state index in [1.165, 1.54) is 0 Å². The molecular weight excluding hydrogens is 464 g/mol. The van der Waals surface area contributed by atoms with Crippen LogP contribution in [-0.4, -0.2) is 31.0 Å². The van der Waals surface area contributed by atoms with E-state index in [1.807, 2.05) is 32.9 Å². The van der Waals surface area contributed by atoms with Crippen LogP contribution in [0.15, 0.2) is 40.9 Å². The van der Waals surface area contributed by atoms with Crippen LogP contribution >= 0.6 is 15.9 Å². The molecule has 0 heterocycles. The molecule has 2 rings (SSSR count). The van der Waals surface area contributed by atoms with Gasteiger partial charge in [-0.2, -0.15) is 0 Å². The zero-order valence-corrected chi connectivity index (χ0v) is 19.5. The van der Waals surface area contributed by atoms with Crippen molar-refractivity contribution in [3.63, 3.8) is 0 Å². The van der Waals surface area contributed by atoms with Crippen molar-refractivity contribution in [3.8, 4) is 5.75 Å². The van der Waals surface area contributed by atoms with Crippen molar-refractivity contribution >= 4 is 45.1 Å². The van der Waals surface area contributed by atoms with Gasteiger partial charge in [-0.25, -0.2) is 0 Å². The van der Waals surface area contributed by atoms with Gasteiger partial charge in [-0.1, -0.05) is 15.9 Å². The smallest absolute Gasteiger partial charge is 0.306 e. The number of esters is 1. The number of ether oxygens (including phenoxy) is 2. The van der Waals surface area contributed by atoms with Crippen LogP contribution in [0.4, 0.5) is 11.4 Å². The van der Waals surface area contributed by atoms with Crippen LogP contribution in [0.2, 0.25) is 0 Å². The molecule has 2 aromatic carbocycles. The van der Waals surface area contributed by atoms with E-state index in [4.69, 9.17) is 9.47 Å². The summed E-state index contributed by atoms with van der Waals surface area (Å²) in [5.41, 5.74) is 3.22. The molecule has 0 aliphatic carbocycles. The lowest BCUT2D eigenvalue weighted by Gasteiger charge is -2.11. The number of hydrogen-bond acceptors (Lipinski definition) is 5. The number of carbonyl (C=O) groups is 3. The quantitative estimate of drug-likeness (QED) is 0.468. The molecule has 0 saturated carbocycles. The highest BCUT2D eigenvalue weighted by atomic mass is 79.9. The first-order valence-corrected chi connectivity index (χ1v) is 10.8. The van der Waals surface area contributed by atoms with Crippen LogP contribution in [0, 0.1) is 13.8 Å². The molecule has 31 heavy (non-hydrogen) atoms. The highest BCUT2D eigenvalue weighted by molar-refractivity contribution is 9.10. The maximum absolute atomic E-state index is 12.0. The van der Waals surface area contributed by atoms with Crippen molar-refractivity contribution in [3.05, 3.63) is 52.0 Å². The minimum atomic E-state index is -0.521. The van der Waals surface area contributed by atoms with E-state index < -0.39 is 11.9 Å². The number of nitrogens with one attached hydrogen (secondary N) is 2. The second kappa shape index (κ2) is 12.1. The van der Waals surface area contributed by atoms with Crippen LogP contribution in [0.25, 0.3) is 0 Å². The van der Waals surface area contributed by atoms with Gasteiger partial charge < -0.3 is 20.1 Å². The lowest BCUT2D eigenvalue weighted by Crippen LogP contribution is -2.21. The summed E-state index contributed by atoms with van der Waals surface area (Å²) in [6.07, 6.45) is 0.556. The zero-order valence-electron chi connectivity index (χ0n) is 17.9. The van der Waals surface area contributed by atoms with Crippen LogP contribution in [-0.2, 0) is 19.1 Å². The summed E-state index contributed by atoms with van der Waals surface area (Å²) in [7, 11) is 0. The Hall–Kier alpha value is -2.87. The summed E-state index contributed by atoms with van der Waals surface area (Å²) >= 11 is 3.44. The number of hydrogen-bond donors (Lipinski definition) is 2. The monoisotopic (exact) mass is 490 g/mol. The van der Waals surface area contributed by atoms with Crippen molar-refractivity contribution < 1.29 is 23.9 Å².